The predicted octanol–water partition coefficient (Wildman–Crippen LogP) is 12.7. The second-order valence-electron chi connectivity index (χ2n) is 15.7. The van der Waals surface area contributed by atoms with Gasteiger partial charge in [0.15, 0.2) is 0 Å². The van der Waals surface area contributed by atoms with E-state index in [0.717, 1.165) is 12.6 Å². The van der Waals surface area contributed by atoms with E-state index in [9.17, 15) is 22.1 Å². The van der Waals surface area contributed by atoms with E-state index >= 15 is 0 Å². The van der Waals surface area contributed by atoms with Gasteiger partial charge in [-0.3, -0.25) is 0 Å². The average molecular weight is 1060 g/mol. The van der Waals surface area contributed by atoms with Crippen molar-refractivity contribution in [1.29, 1.82) is 0 Å². The molecule has 1 aliphatic heterocycles. The summed E-state index contributed by atoms with van der Waals surface area (Å²) in [7, 11) is -7.27. The van der Waals surface area contributed by atoms with Gasteiger partial charge in [0.05, 0.1) is 0 Å². The van der Waals surface area contributed by atoms with Crippen LogP contribution in [0.2, 0.25) is 0 Å². The van der Waals surface area contributed by atoms with Gasteiger partial charge in [0.1, 0.15) is 5.60 Å². The second-order valence-corrected chi connectivity index (χ2v) is 20.4. The Labute approximate surface area is 399 Å². The fourth-order valence-electron chi connectivity index (χ4n) is 7.04. The monoisotopic (exact) mass is 1060 g/mol. The third-order valence-corrected chi connectivity index (χ3v) is 15.1. The summed E-state index contributed by atoms with van der Waals surface area (Å²) in [5.74, 6) is 0. The molecule has 2 atom stereocenters. The molecule has 338 valence electrons. The quantitative estimate of drug-likeness (QED) is 0.105. The van der Waals surface area contributed by atoms with Crippen LogP contribution < -0.4 is 21.2 Å². The Morgan fingerprint density at radius 2 is 0.855 bits per heavy atom. The van der Waals surface area contributed by atoms with Crippen molar-refractivity contribution in [2.45, 2.75) is 95.9 Å². The van der Waals surface area contributed by atoms with Gasteiger partial charge in [0, 0.05) is 57.2 Å². The second kappa shape index (κ2) is 31.0. The van der Waals surface area contributed by atoms with E-state index < -0.39 is 28.7 Å². The fraction of sp³-hybridized carbons (Fsp3) is 0.340. The zero-order chi connectivity index (χ0) is 43.1. The Kier molecular flexibility index (Phi) is 28.1. The normalized spacial score (nSPS) is 18.2. The van der Waals surface area contributed by atoms with Crippen molar-refractivity contribution in [3.8, 4) is 0 Å². The van der Waals surface area contributed by atoms with Gasteiger partial charge in [-0.15, -0.1) is 0 Å². The minimum Gasteiger partial charge on any atom is -0.444 e. The maximum Gasteiger partial charge on any atom is 0.673 e. The molecule has 0 N–H and O–H groups in total. The molecule has 2 saturated carbocycles. The summed E-state index contributed by atoms with van der Waals surface area (Å²) in [6, 6.07) is 43.4. The van der Waals surface area contributed by atoms with Crippen LogP contribution in [0.25, 0.3) is 0 Å². The van der Waals surface area contributed by atoms with E-state index in [-0.39, 0.29) is 51.1 Å². The molecule has 0 unspecified atom stereocenters. The van der Waals surface area contributed by atoms with Crippen molar-refractivity contribution in [3.63, 3.8) is 0 Å². The number of benzene rings is 4. The van der Waals surface area contributed by atoms with Crippen LogP contribution in [0, 0.1) is 51.4 Å². The van der Waals surface area contributed by atoms with E-state index in [4.69, 9.17) is 4.74 Å². The van der Waals surface area contributed by atoms with Crippen LogP contribution in [0.3, 0.4) is 0 Å². The molecule has 3 fully saturated rings. The standard InChI is InChI=1S/C34H37NO2P2.2C8H12.BF4.2Rh/c1-34(2,3)37-33(36)35-25-32(39(30-20-12-6-13-21-30)31-22-14-7-15-23-31)24-27(35)26-38(28-16-8-4-9-17-28)29-18-10-5-11-19-29;2*1-2-4-6-8-7-5-3-1;2-1(3,4)5;;/h4-23,27,32H,24-26H2,1-3H3;2*1-2,7-8H,3-6H2;;;/q;;;-1;;/t27-,32-;;;;;/m0...../s1. The molecular weight excluding hydrogens is 1000 g/mol. The van der Waals surface area contributed by atoms with Gasteiger partial charge in [-0.25, -0.2) is 4.79 Å². The molecule has 7 rings (SSSR count). The molecule has 1 heterocycles. The van der Waals surface area contributed by atoms with Crippen LogP contribution in [0.15, 0.2) is 121 Å². The first-order chi connectivity index (χ1) is 28.9. The summed E-state index contributed by atoms with van der Waals surface area (Å²) in [5.41, 5.74) is -0.182. The van der Waals surface area contributed by atoms with Crippen molar-refractivity contribution in [2.75, 3.05) is 12.7 Å². The van der Waals surface area contributed by atoms with Gasteiger partial charge in [0.2, 0.25) is 0 Å². The number of halogens is 4. The topological polar surface area (TPSA) is 29.5 Å². The first-order valence-corrected chi connectivity index (χ1v) is 24.1. The van der Waals surface area contributed by atoms with Crippen molar-refractivity contribution in [3.05, 3.63) is 173 Å². The molecule has 4 aromatic rings. The van der Waals surface area contributed by atoms with Crippen LogP contribution >= 0.6 is 15.8 Å². The van der Waals surface area contributed by atoms with Crippen molar-refractivity contribution < 1.29 is 65.7 Å². The van der Waals surface area contributed by atoms with Gasteiger partial charge in [-0.1, -0.05) is 121 Å². The van der Waals surface area contributed by atoms with Crippen LogP contribution in [0.5, 0.6) is 0 Å². The minimum absolute atomic E-state index is 0. The maximum absolute atomic E-state index is 13.7. The number of likely N-dealkylation sites (tertiary alicyclic amines) is 1. The average Bonchev–Trinajstić information content (AvgIpc) is 3.61. The molecule has 1 amide bonds. The number of nitrogens with zero attached hydrogens (tertiary/aromatic N) is 1. The molecule has 12 heteroatoms. The maximum atomic E-state index is 13.7. The molecule has 10 radical (unpaired) electrons. The van der Waals surface area contributed by atoms with E-state index in [0.29, 0.717) is 12.2 Å². The number of hydrogen-bond donors (Lipinski definition) is 0. The third-order valence-electron chi connectivity index (χ3n) is 9.65. The molecule has 2 aliphatic carbocycles. The summed E-state index contributed by atoms with van der Waals surface area (Å²) < 4.78 is 45.0. The molecule has 0 aromatic heterocycles. The van der Waals surface area contributed by atoms with Crippen molar-refractivity contribution in [2.24, 2.45) is 0 Å². The van der Waals surface area contributed by atoms with E-state index in [1.54, 1.807) is 0 Å². The Morgan fingerprint density at radius 1 is 0.565 bits per heavy atom. The molecule has 62 heavy (non-hydrogen) atoms. The Morgan fingerprint density at radius 3 is 1.15 bits per heavy atom. The first kappa shape index (κ1) is 56.2. The van der Waals surface area contributed by atoms with Gasteiger partial charge in [-0.05, 0) is 173 Å². The van der Waals surface area contributed by atoms with Crippen LogP contribution in [0.4, 0.5) is 22.1 Å². The molecule has 3 aliphatic rings. The number of amides is 1. The summed E-state index contributed by atoms with van der Waals surface area (Å²) in [6.45, 7) is 6.57. The molecule has 3 nitrogen and oxygen atoms in total. The summed E-state index contributed by atoms with van der Waals surface area (Å²) in [5, 5.41) is 5.42. The van der Waals surface area contributed by atoms with Gasteiger partial charge >= 0.3 is 13.3 Å². The zero-order valence-corrected chi connectivity index (χ0v) is 41.1. The molecule has 0 bridgehead atoms. The van der Waals surface area contributed by atoms with E-state index in [1.165, 1.54) is 72.6 Å². The van der Waals surface area contributed by atoms with Gasteiger partial charge in [-0.2, -0.15) is 0 Å². The Balaban J connectivity index is 0.000000470. The third kappa shape index (κ3) is 22.8. The van der Waals surface area contributed by atoms with E-state index in [1.807, 2.05) is 20.8 Å². The molecule has 1 saturated heterocycles. The van der Waals surface area contributed by atoms with Gasteiger partial charge < -0.3 is 26.9 Å². The molecule has 4 aromatic carbocycles. The first-order valence-electron chi connectivity index (χ1n) is 21.1. The largest absolute Gasteiger partial charge is 0.673 e. The number of carbonyl (C=O) groups is 1. The summed E-state index contributed by atoms with van der Waals surface area (Å²) >= 11 is 0. The zero-order valence-electron chi connectivity index (χ0n) is 36.0. The van der Waals surface area contributed by atoms with Crippen LogP contribution in [0.1, 0.15) is 78.6 Å². The van der Waals surface area contributed by atoms with Gasteiger partial charge in [0.25, 0.3) is 0 Å². The predicted molar refractivity (Wildman–Crippen MR) is 250 cm³/mol. The number of hydrogen-bond acceptors (Lipinski definition) is 2. The van der Waals surface area contributed by atoms with Crippen LogP contribution in [-0.4, -0.2) is 48.3 Å². The number of ether oxygens (including phenoxy) is 1. The minimum atomic E-state index is -6.00. The van der Waals surface area contributed by atoms with Crippen LogP contribution in [-0.2, 0) is 43.7 Å². The number of carbonyl (C=O) groups excluding carboxylic acids is 1. The smallest absolute Gasteiger partial charge is 0.444 e. The Hall–Kier alpha value is -1.96. The molecule has 0 spiro atoms. The van der Waals surface area contributed by atoms with E-state index in [2.05, 4.69) is 178 Å². The van der Waals surface area contributed by atoms with Crippen molar-refractivity contribution >= 4 is 50.4 Å². The summed E-state index contributed by atoms with van der Waals surface area (Å²) in [6.07, 6.45) is 29.7. The SMILES string of the molecule is CC(C)(C)OC(=O)N1C[C@@H](P(c2ccccc2)c2ccccc2)C[C@H]1CP(c1ccccc1)c1ccccc1.F[B-](F)(F)F.[CH]1[CH]CC[CH][CH]CC1.[CH]1[CH]CC[CH][CH]CC1.[Rh].[Rh]. The fourth-order valence-corrected chi connectivity index (χ4v) is 12.5. The summed E-state index contributed by atoms with van der Waals surface area (Å²) in [4.78, 5) is 15.7. The number of rotatable bonds is 7. The molecular formula is C50H61BF4NO2P2Rh2-. The van der Waals surface area contributed by atoms with Crippen molar-refractivity contribution in [1.82, 2.24) is 4.90 Å². The Bertz CT molecular complexity index is 1580.